The normalized spacial score (nSPS) is 17.0. The minimum absolute atomic E-state index is 0. The van der Waals surface area contributed by atoms with E-state index in [1.54, 1.807) is 48.5 Å². The van der Waals surface area contributed by atoms with Gasteiger partial charge in [0.05, 0.1) is 0 Å². The number of hydrogen-bond acceptors (Lipinski definition) is 6. The van der Waals surface area contributed by atoms with Crippen molar-refractivity contribution in [2.24, 2.45) is 23.3 Å². The van der Waals surface area contributed by atoms with Crippen molar-refractivity contribution in [3.8, 4) is 0 Å². The van der Waals surface area contributed by atoms with Gasteiger partial charge >= 0.3 is 0 Å². The monoisotopic (exact) mass is 568 g/mol. The van der Waals surface area contributed by atoms with Crippen LogP contribution in [0.15, 0.2) is 48.5 Å². The van der Waals surface area contributed by atoms with Crippen LogP contribution in [0.2, 0.25) is 0 Å². The number of nitrogens with two attached hydrogens (primary N) is 2. The number of carbonyl (C=O) groups is 4. The van der Waals surface area contributed by atoms with E-state index in [9.17, 15) is 19.2 Å². The first kappa shape index (κ1) is 33.4. The van der Waals surface area contributed by atoms with Gasteiger partial charge in [-0.3, -0.25) is 19.2 Å². The van der Waals surface area contributed by atoms with Crippen molar-refractivity contribution in [3.63, 3.8) is 0 Å². The third kappa shape index (κ3) is 10.3. The van der Waals surface area contributed by atoms with Gasteiger partial charge in [0, 0.05) is 34.3 Å². The minimum atomic E-state index is -0.486. The lowest BCUT2D eigenvalue weighted by Gasteiger charge is -2.28. The highest BCUT2D eigenvalue weighted by atomic mass is 16.2. The van der Waals surface area contributed by atoms with E-state index in [1.807, 2.05) is 13.8 Å². The van der Waals surface area contributed by atoms with Crippen molar-refractivity contribution in [2.45, 2.75) is 51.6 Å². The number of amides is 4. The molecule has 2 saturated heterocycles. The number of benzene rings is 2. The van der Waals surface area contributed by atoms with Crippen LogP contribution in [-0.2, 0) is 0 Å². The van der Waals surface area contributed by atoms with Crippen LogP contribution in [-0.4, -0.2) is 67.4 Å². The third-order valence-corrected chi connectivity index (χ3v) is 7.76. The Morgan fingerprint density at radius 2 is 0.878 bits per heavy atom. The number of piperidine rings is 2. The maximum atomic E-state index is 12.1. The fourth-order valence-corrected chi connectivity index (χ4v) is 5.08. The highest BCUT2D eigenvalue weighted by Crippen LogP contribution is 2.17. The number of hydrogen-bond donors (Lipinski definition) is 6. The van der Waals surface area contributed by atoms with Crippen molar-refractivity contribution < 1.29 is 24.7 Å². The van der Waals surface area contributed by atoms with E-state index in [0.29, 0.717) is 34.1 Å². The molecule has 2 aliphatic heterocycles. The SMILES string of the molecule is CC(NC(=O)c1ccc(C(N)=O)cc1)C1CCNCC1.CC(NC(=O)c1ccc(C(N)=O)cc1)C1CCNCC1.O. The molecule has 41 heavy (non-hydrogen) atoms. The molecule has 2 aromatic carbocycles. The average molecular weight is 569 g/mol. The molecule has 0 spiro atoms. The molecule has 4 amide bonds. The van der Waals surface area contributed by atoms with Gasteiger partial charge in [-0.25, -0.2) is 0 Å². The van der Waals surface area contributed by atoms with E-state index in [2.05, 4.69) is 21.3 Å². The first-order valence-corrected chi connectivity index (χ1v) is 14.0. The van der Waals surface area contributed by atoms with Crippen LogP contribution in [0.4, 0.5) is 0 Å². The molecule has 11 nitrogen and oxygen atoms in total. The lowest BCUT2D eigenvalue weighted by atomic mass is 9.91. The fraction of sp³-hybridized carbons (Fsp3) is 0.467. The van der Waals surface area contributed by atoms with Crippen LogP contribution < -0.4 is 32.7 Å². The maximum Gasteiger partial charge on any atom is 0.251 e. The van der Waals surface area contributed by atoms with E-state index in [-0.39, 0.29) is 29.4 Å². The van der Waals surface area contributed by atoms with Gasteiger partial charge in [0.1, 0.15) is 0 Å². The highest BCUT2D eigenvalue weighted by Gasteiger charge is 2.23. The molecule has 224 valence electrons. The molecule has 4 rings (SSSR count). The van der Waals surface area contributed by atoms with Gasteiger partial charge in [-0.15, -0.1) is 0 Å². The summed E-state index contributed by atoms with van der Waals surface area (Å²) in [5, 5.41) is 12.7. The van der Waals surface area contributed by atoms with Crippen molar-refractivity contribution in [2.75, 3.05) is 26.2 Å². The quantitative estimate of drug-likeness (QED) is 0.274. The van der Waals surface area contributed by atoms with Crippen molar-refractivity contribution in [1.29, 1.82) is 0 Å². The number of rotatable bonds is 8. The molecule has 0 saturated carbocycles. The topological polar surface area (TPSA) is 200 Å². The lowest BCUT2D eigenvalue weighted by molar-refractivity contribution is 0.0912. The fourth-order valence-electron chi connectivity index (χ4n) is 5.08. The molecule has 0 radical (unpaired) electrons. The summed E-state index contributed by atoms with van der Waals surface area (Å²) in [6.07, 6.45) is 4.34. The molecule has 0 aromatic heterocycles. The molecule has 2 fully saturated rings. The molecule has 2 aliphatic rings. The molecule has 0 bridgehead atoms. The number of primary amides is 2. The van der Waals surface area contributed by atoms with Crippen LogP contribution in [0.3, 0.4) is 0 Å². The molecule has 2 aromatic rings. The second kappa shape index (κ2) is 16.5. The van der Waals surface area contributed by atoms with Crippen LogP contribution >= 0.6 is 0 Å². The van der Waals surface area contributed by atoms with Crippen molar-refractivity contribution in [3.05, 3.63) is 70.8 Å². The van der Waals surface area contributed by atoms with Crippen LogP contribution in [0.25, 0.3) is 0 Å². The van der Waals surface area contributed by atoms with E-state index in [1.165, 1.54) is 0 Å². The smallest absolute Gasteiger partial charge is 0.251 e. The largest absolute Gasteiger partial charge is 0.412 e. The predicted molar refractivity (Wildman–Crippen MR) is 159 cm³/mol. The highest BCUT2D eigenvalue weighted by molar-refractivity contribution is 5.98. The number of carbonyl (C=O) groups excluding carboxylic acids is 4. The molecule has 10 N–H and O–H groups in total. The van der Waals surface area contributed by atoms with E-state index < -0.39 is 11.8 Å². The predicted octanol–water partition coefficient (Wildman–Crippen LogP) is 0.982. The lowest BCUT2D eigenvalue weighted by Crippen LogP contribution is -2.42. The Bertz CT molecular complexity index is 1050. The van der Waals surface area contributed by atoms with Gasteiger partial charge < -0.3 is 38.2 Å². The Hall–Kier alpha value is -3.80. The van der Waals surface area contributed by atoms with E-state index in [4.69, 9.17) is 11.5 Å². The molecular weight excluding hydrogens is 524 g/mol. The summed E-state index contributed by atoms with van der Waals surface area (Å²) in [4.78, 5) is 46.2. The average Bonchev–Trinajstić information content (AvgIpc) is 2.98. The first-order valence-electron chi connectivity index (χ1n) is 14.0. The zero-order valence-electron chi connectivity index (χ0n) is 23.9. The van der Waals surface area contributed by atoms with Crippen LogP contribution in [0.1, 0.15) is 81.0 Å². The summed E-state index contributed by atoms with van der Waals surface area (Å²) in [5.74, 6) is -0.144. The van der Waals surface area contributed by atoms with Gasteiger partial charge in [0.15, 0.2) is 0 Å². The molecular formula is C30H44N6O5. The Morgan fingerprint density at radius 3 is 1.15 bits per heavy atom. The van der Waals surface area contributed by atoms with Crippen molar-refractivity contribution in [1.82, 2.24) is 21.3 Å². The minimum Gasteiger partial charge on any atom is -0.412 e. The van der Waals surface area contributed by atoms with Crippen molar-refractivity contribution >= 4 is 23.6 Å². The summed E-state index contributed by atoms with van der Waals surface area (Å²) in [5.41, 5.74) is 12.3. The first-order chi connectivity index (χ1) is 19.2. The zero-order valence-corrected chi connectivity index (χ0v) is 23.9. The summed E-state index contributed by atoms with van der Waals surface area (Å²) in [6.45, 7) is 8.14. The van der Waals surface area contributed by atoms with Crippen LogP contribution in [0, 0.1) is 11.8 Å². The van der Waals surface area contributed by atoms with Gasteiger partial charge in [-0.1, -0.05) is 0 Å². The van der Waals surface area contributed by atoms with Gasteiger partial charge in [0.2, 0.25) is 11.8 Å². The van der Waals surface area contributed by atoms with E-state index >= 15 is 0 Å². The Labute approximate surface area is 241 Å². The second-order valence-corrected chi connectivity index (χ2v) is 10.6. The van der Waals surface area contributed by atoms with Gasteiger partial charge in [-0.05, 0) is 126 Å². The molecule has 2 unspecified atom stereocenters. The second-order valence-electron chi connectivity index (χ2n) is 10.6. The zero-order chi connectivity index (χ0) is 29.1. The Kier molecular flexibility index (Phi) is 13.4. The summed E-state index contributed by atoms with van der Waals surface area (Å²) in [6, 6.07) is 13.1. The molecule has 2 atom stereocenters. The van der Waals surface area contributed by atoms with Crippen LogP contribution in [0.5, 0.6) is 0 Å². The molecule has 11 heteroatoms. The third-order valence-electron chi connectivity index (χ3n) is 7.76. The van der Waals surface area contributed by atoms with Gasteiger partial charge in [-0.2, -0.15) is 0 Å². The summed E-state index contributed by atoms with van der Waals surface area (Å²) in [7, 11) is 0. The Morgan fingerprint density at radius 1 is 0.610 bits per heavy atom. The molecule has 2 heterocycles. The summed E-state index contributed by atoms with van der Waals surface area (Å²) >= 11 is 0. The summed E-state index contributed by atoms with van der Waals surface area (Å²) < 4.78 is 0. The number of nitrogens with one attached hydrogen (secondary N) is 4. The maximum absolute atomic E-state index is 12.1. The standard InChI is InChI=1S/2C15H21N3O2.H2O/c2*1-10(11-6-8-17-9-7-11)18-15(20)13-4-2-12(3-5-13)14(16)19;/h2*2-5,10-11,17H,6-9H2,1H3,(H2,16,19)(H,18,20);1H2. The molecule has 0 aliphatic carbocycles. The van der Waals surface area contributed by atoms with Gasteiger partial charge in [0.25, 0.3) is 11.8 Å². The Balaban J connectivity index is 0.000000280. The van der Waals surface area contributed by atoms with E-state index in [0.717, 1.165) is 51.9 Å².